The van der Waals surface area contributed by atoms with Crippen molar-refractivity contribution in [1.82, 2.24) is 4.98 Å². The van der Waals surface area contributed by atoms with Gasteiger partial charge in [-0.3, -0.25) is 4.79 Å². The number of rotatable bonds is 3. The van der Waals surface area contributed by atoms with Crippen LogP contribution in [0, 0.1) is 0 Å². The Hall–Kier alpha value is -1.72. The molecule has 0 atom stereocenters. The Morgan fingerprint density at radius 1 is 1.24 bits per heavy atom. The fourth-order valence-electron chi connectivity index (χ4n) is 1.21. The van der Waals surface area contributed by atoms with E-state index in [4.69, 9.17) is 16.7 Å². The first-order valence-corrected chi connectivity index (χ1v) is 5.83. The lowest BCUT2D eigenvalue weighted by Crippen LogP contribution is -2.12. The number of aliphatic carboxylic acids is 1. The number of thiazole rings is 1. The molecular weight excluding hydrogens is 262 g/mol. The van der Waals surface area contributed by atoms with Crippen LogP contribution in [0.5, 0.6) is 0 Å². The van der Waals surface area contributed by atoms with Crippen LogP contribution in [0.15, 0.2) is 29.6 Å². The maximum absolute atomic E-state index is 11.2. The van der Waals surface area contributed by atoms with E-state index in [1.54, 1.807) is 24.3 Å². The topological polar surface area (TPSA) is 67.3 Å². The minimum atomic E-state index is -1.50. The predicted octanol–water partition coefficient (Wildman–Crippen LogP) is 2.73. The molecule has 2 rings (SSSR count). The van der Waals surface area contributed by atoms with E-state index in [1.807, 2.05) is 0 Å². The number of benzene rings is 1. The lowest BCUT2D eigenvalue weighted by Gasteiger charge is -1.95. The van der Waals surface area contributed by atoms with Crippen LogP contribution in [-0.2, 0) is 4.79 Å². The molecule has 0 bridgehead atoms. The summed E-state index contributed by atoms with van der Waals surface area (Å²) >= 11 is 6.96. The molecule has 0 aliphatic carbocycles. The number of halogens is 1. The molecule has 1 aromatic carbocycles. The second-order valence-electron chi connectivity index (χ2n) is 3.18. The SMILES string of the molecule is O=C(O)C(=O)c1csc(-c2ccc(Cl)cc2)n1. The first-order chi connectivity index (χ1) is 8.08. The van der Waals surface area contributed by atoms with Crippen LogP contribution in [0.4, 0.5) is 0 Å². The van der Waals surface area contributed by atoms with Gasteiger partial charge in [-0.1, -0.05) is 23.7 Å². The van der Waals surface area contributed by atoms with Crippen molar-refractivity contribution in [1.29, 1.82) is 0 Å². The van der Waals surface area contributed by atoms with E-state index >= 15 is 0 Å². The summed E-state index contributed by atoms with van der Waals surface area (Å²) in [6.07, 6.45) is 0. The third-order valence-corrected chi connectivity index (χ3v) is 3.17. The molecule has 1 aromatic heterocycles. The highest BCUT2D eigenvalue weighted by Crippen LogP contribution is 2.25. The summed E-state index contributed by atoms with van der Waals surface area (Å²) < 4.78 is 0. The molecule has 0 radical (unpaired) electrons. The van der Waals surface area contributed by atoms with E-state index in [1.165, 1.54) is 16.7 Å². The molecule has 0 amide bonds. The van der Waals surface area contributed by atoms with Crippen LogP contribution in [0.2, 0.25) is 5.02 Å². The minimum Gasteiger partial charge on any atom is -0.475 e. The molecule has 0 saturated carbocycles. The zero-order valence-corrected chi connectivity index (χ0v) is 9.96. The standard InChI is InChI=1S/C11H6ClNO3S/c12-7-3-1-6(2-4-7)10-13-8(5-17-10)9(14)11(15)16/h1-5H,(H,15,16). The largest absolute Gasteiger partial charge is 0.475 e. The van der Waals surface area contributed by atoms with Crippen LogP contribution >= 0.6 is 22.9 Å². The van der Waals surface area contributed by atoms with Crippen molar-refractivity contribution in [2.45, 2.75) is 0 Å². The summed E-state index contributed by atoms with van der Waals surface area (Å²) in [5.41, 5.74) is 0.747. The first kappa shape index (κ1) is 11.8. The van der Waals surface area contributed by atoms with E-state index in [0.717, 1.165) is 5.56 Å². The summed E-state index contributed by atoms with van der Waals surface area (Å²) in [6.45, 7) is 0. The molecule has 0 saturated heterocycles. The molecule has 1 N–H and O–H groups in total. The number of nitrogens with zero attached hydrogens (tertiary/aromatic N) is 1. The Morgan fingerprint density at radius 2 is 1.88 bits per heavy atom. The molecule has 4 nitrogen and oxygen atoms in total. The van der Waals surface area contributed by atoms with E-state index in [9.17, 15) is 9.59 Å². The highest BCUT2D eigenvalue weighted by Gasteiger charge is 2.18. The molecular formula is C11H6ClNO3S. The van der Waals surface area contributed by atoms with Gasteiger partial charge in [0, 0.05) is 16.0 Å². The third-order valence-electron chi connectivity index (χ3n) is 2.02. The highest BCUT2D eigenvalue weighted by molar-refractivity contribution is 7.13. The van der Waals surface area contributed by atoms with Gasteiger partial charge in [0.2, 0.25) is 0 Å². The van der Waals surface area contributed by atoms with Crippen LogP contribution in [0.3, 0.4) is 0 Å². The zero-order valence-electron chi connectivity index (χ0n) is 8.38. The Labute approximate surface area is 105 Å². The smallest absolute Gasteiger partial charge is 0.378 e. The van der Waals surface area contributed by atoms with Crippen molar-refractivity contribution >= 4 is 34.7 Å². The van der Waals surface area contributed by atoms with Gasteiger partial charge in [0.15, 0.2) is 0 Å². The van der Waals surface area contributed by atoms with Crippen molar-refractivity contribution in [3.05, 3.63) is 40.4 Å². The van der Waals surface area contributed by atoms with Gasteiger partial charge < -0.3 is 5.11 Å². The number of carbonyl (C=O) groups is 2. The Kier molecular flexibility index (Phi) is 3.21. The molecule has 86 valence electrons. The molecule has 0 spiro atoms. The van der Waals surface area contributed by atoms with Crippen LogP contribution < -0.4 is 0 Å². The number of Topliss-reactive ketones (excluding diaryl/α,β-unsaturated/α-hetero) is 1. The molecule has 0 fully saturated rings. The van der Waals surface area contributed by atoms with Gasteiger partial charge in [-0.15, -0.1) is 11.3 Å². The average molecular weight is 268 g/mol. The van der Waals surface area contributed by atoms with Crippen molar-refractivity contribution in [2.75, 3.05) is 0 Å². The van der Waals surface area contributed by atoms with Crippen LogP contribution in [0.25, 0.3) is 10.6 Å². The average Bonchev–Trinajstić information content (AvgIpc) is 2.78. The van der Waals surface area contributed by atoms with Crippen LogP contribution in [0.1, 0.15) is 10.5 Å². The first-order valence-electron chi connectivity index (χ1n) is 4.57. The van der Waals surface area contributed by atoms with E-state index in [2.05, 4.69) is 4.98 Å². The van der Waals surface area contributed by atoms with Crippen molar-refractivity contribution in [2.24, 2.45) is 0 Å². The maximum Gasteiger partial charge on any atom is 0.378 e. The lowest BCUT2D eigenvalue weighted by molar-refractivity contribution is -0.131. The number of carboxylic acid groups (broad SMARTS) is 1. The minimum absolute atomic E-state index is 0.0487. The van der Waals surface area contributed by atoms with Crippen molar-refractivity contribution in [3.63, 3.8) is 0 Å². The summed E-state index contributed by atoms with van der Waals surface area (Å²) in [6, 6.07) is 6.93. The summed E-state index contributed by atoms with van der Waals surface area (Å²) in [5, 5.41) is 11.2. The molecule has 17 heavy (non-hydrogen) atoms. The fourth-order valence-corrected chi connectivity index (χ4v) is 2.14. The van der Waals surface area contributed by atoms with Gasteiger partial charge >= 0.3 is 5.97 Å². The number of ketones is 1. The number of carbonyl (C=O) groups excluding carboxylic acids is 1. The fraction of sp³-hybridized carbons (Fsp3) is 0. The van der Waals surface area contributed by atoms with Crippen LogP contribution in [-0.4, -0.2) is 21.8 Å². The molecule has 0 aliphatic rings. The summed E-state index contributed by atoms with van der Waals surface area (Å²) in [4.78, 5) is 25.6. The third kappa shape index (κ3) is 2.51. The molecule has 6 heteroatoms. The van der Waals surface area contributed by atoms with E-state index < -0.39 is 11.8 Å². The number of aromatic nitrogens is 1. The maximum atomic E-state index is 11.2. The van der Waals surface area contributed by atoms with E-state index in [0.29, 0.717) is 10.0 Å². The Bertz CT molecular complexity index is 577. The van der Waals surface area contributed by atoms with Gasteiger partial charge in [-0.2, -0.15) is 0 Å². The second kappa shape index (κ2) is 4.65. The van der Waals surface area contributed by atoms with Gasteiger partial charge in [-0.05, 0) is 12.1 Å². The highest BCUT2D eigenvalue weighted by atomic mass is 35.5. The Morgan fingerprint density at radius 3 is 2.47 bits per heavy atom. The monoisotopic (exact) mass is 267 g/mol. The molecule has 0 unspecified atom stereocenters. The lowest BCUT2D eigenvalue weighted by atomic mass is 10.2. The zero-order chi connectivity index (χ0) is 12.4. The van der Waals surface area contributed by atoms with E-state index in [-0.39, 0.29) is 5.69 Å². The number of hydrogen-bond donors (Lipinski definition) is 1. The molecule has 0 aliphatic heterocycles. The second-order valence-corrected chi connectivity index (χ2v) is 4.47. The quantitative estimate of drug-likeness (QED) is 0.686. The normalized spacial score (nSPS) is 10.2. The number of hydrogen-bond acceptors (Lipinski definition) is 4. The predicted molar refractivity (Wildman–Crippen MR) is 64.5 cm³/mol. The van der Waals surface area contributed by atoms with Crippen molar-refractivity contribution in [3.8, 4) is 10.6 Å². The van der Waals surface area contributed by atoms with Gasteiger partial charge in [0.05, 0.1) is 0 Å². The van der Waals surface area contributed by atoms with Crippen molar-refractivity contribution < 1.29 is 14.7 Å². The van der Waals surface area contributed by atoms with Gasteiger partial charge in [0.25, 0.3) is 5.78 Å². The number of carboxylic acids is 1. The van der Waals surface area contributed by atoms with Gasteiger partial charge in [0.1, 0.15) is 10.7 Å². The summed E-state index contributed by atoms with van der Waals surface area (Å²) in [5.74, 6) is -2.50. The van der Waals surface area contributed by atoms with Gasteiger partial charge in [-0.25, -0.2) is 9.78 Å². The molecule has 1 heterocycles. The summed E-state index contributed by atoms with van der Waals surface area (Å²) in [7, 11) is 0. The molecule has 2 aromatic rings. The Balaban J connectivity index is 2.33.